The van der Waals surface area contributed by atoms with Crippen LogP contribution in [0.15, 0.2) is 53.6 Å². The first-order chi connectivity index (χ1) is 14.0. The Morgan fingerprint density at radius 1 is 1.10 bits per heavy atom. The topological polar surface area (TPSA) is 114 Å². The van der Waals surface area contributed by atoms with Gasteiger partial charge in [0.15, 0.2) is 0 Å². The molecule has 0 unspecified atom stereocenters. The van der Waals surface area contributed by atoms with Crippen LogP contribution in [0.4, 0.5) is 5.69 Å². The van der Waals surface area contributed by atoms with E-state index in [0.717, 1.165) is 24.9 Å². The molecule has 0 aliphatic heterocycles. The number of anilines is 1. The molecule has 2 amide bonds. The highest BCUT2D eigenvalue weighted by Gasteiger charge is 2.07. The number of hydrogen-bond acceptors (Lipinski definition) is 6. The summed E-state index contributed by atoms with van der Waals surface area (Å²) in [6, 6.07) is 11.8. The first kappa shape index (κ1) is 21.6. The molecule has 29 heavy (non-hydrogen) atoms. The summed E-state index contributed by atoms with van der Waals surface area (Å²) in [4.78, 5) is 25.2. The minimum absolute atomic E-state index is 0.0791. The fourth-order valence-electron chi connectivity index (χ4n) is 2.61. The van der Waals surface area contributed by atoms with Gasteiger partial charge in [-0.05, 0) is 49.8 Å². The van der Waals surface area contributed by atoms with Gasteiger partial charge in [0.2, 0.25) is 0 Å². The van der Waals surface area contributed by atoms with Crippen LogP contribution in [0.25, 0.3) is 6.08 Å². The van der Waals surface area contributed by atoms with Gasteiger partial charge in [-0.3, -0.25) is 14.8 Å². The van der Waals surface area contributed by atoms with Crippen molar-refractivity contribution >= 4 is 29.8 Å². The lowest BCUT2D eigenvalue weighted by Gasteiger charge is -2.21. The molecule has 0 aliphatic rings. The molecule has 0 radical (unpaired) electrons. The number of amides is 2. The predicted molar refractivity (Wildman–Crippen MR) is 112 cm³/mol. The molecule has 152 valence electrons. The van der Waals surface area contributed by atoms with Gasteiger partial charge >= 0.3 is 0 Å². The molecule has 0 aliphatic carbocycles. The molecule has 0 atom stereocenters. The van der Waals surface area contributed by atoms with E-state index in [-0.39, 0.29) is 5.75 Å². The van der Waals surface area contributed by atoms with Gasteiger partial charge in [0.25, 0.3) is 11.8 Å². The van der Waals surface area contributed by atoms with Crippen molar-refractivity contribution in [2.75, 3.05) is 18.0 Å². The minimum atomic E-state index is -0.644. The number of phenols is 1. The molecule has 0 heterocycles. The number of nitrogens with zero attached hydrogens (tertiary/aromatic N) is 2. The normalized spacial score (nSPS) is 11.0. The van der Waals surface area contributed by atoms with E-state index in [4.69, 9.17) is 5.21 Å². The zero-order valence-electron chi connectivity index (χ0n) is 16.3. The second kappa shape index (κ2) is 10.6. The number of hydroxylamine groups is 1. The SMILES string of the molecule is CCN(CC)c1ccc(C=NNC(=O)c2ccc(C=CC(=O)NO)cc2)c(O)c1. The van der Waals surface area contributed by atoms with Crippen molar-refractivity contribution in [3.63, 3.8) is 0 Å². The summed E-state index contributed by atoms with van der Waals surface area (Å²) >= 11 is 0. The van der Waals surface area contributed by atoms with Crippen LogP contribution in [0.5, 0.6) is 5.75 Å². The van der Waals surface area contributed by atoms with Gasteiger partial charge in [0.1, 0.15) is 5.75 Å². The standard InChI is InChI=1S/C21H24N4O4/c1-3-25(4-2)18-11-10-17(19(26)13-18)14-22-23-21(28)16-8-5-15(6-9-16)7-12-20(27)24-29/h5-14,26,29H,3-4H2,1-2H3,(H,23,28)(H,24,27). The molecule has 2 aromatic carbocycles. The van der Waals surface area contributed by atoms with Crippen LogP contribution in [0.1, 0.15) is 35.3 Å². The van der Waals surface area contributed by atoms with E-state index in [2.05, 4.69) is 15.4 Å². The summed E-state index contributed by atoms with van der Waals surface area (Å²) in [6.07, 6.45) is 4.04. The van der Waals surface area contributed by atoms with Crippen LogP contribution in [0, 0.1) is 0 Å². The van der Waals surface area contributed by atoms with Gasteiger partial charge in [-0.15, -0.1) is 0 Å². The van der Waals surface area contributed by atoms with Crippen LogP contribution in [0.3, 0.4) is 0 Å². The molecular weight excluding hydrogens is 372 g/mol. The largest absolute Gasteiger partial charge is 0.507 e. The maximum absolute atomic E-state index is 12.2. The average Bonchev–Trinajstić information content (AvgIpc) is 2.74. The fourth-order valence-corrected chi connectivity index (χ4v) is 2.61. The Morgan fingerprint density at radius 3 is 2.38 bits per heavy atom. The Balaban J connectivity index is 1.99. The fraction of sp³-hybridized carbons (Fsp3) is 0.190. The van der Waals surface area contributed by atoms with Crippen LogP contribution in [0.2, 0.25) is 0 Å². The number of aromatic hydroxyl groups is 1. The molecule has 0 saturated carbocycles. The minimum Gasteiger partial charge on any atom is -0.507 e. The summed E-state index contributed by atoms with van der Waals surface area (Å²) < 4.78 is 0. The summed E-state index contributed by atoms with van der Waals surface area (Å²) in [5, 5.41) is 22.5. The van der Waals surface area contributed by atoms with Crippen molar-refractivity contribution in [2.24, 2.45) is 5.10 Å². The van der Waals surface area contributed by atoms with Crippen molar-refractivity contribution < 1.29 is 19.9 Å². The molecular formula is C21H24N4O4. The van der Waals surface area contributed by atoms with Gasteiger partial charge in [0.05, 0.1) is 6.21 Å². The number of hydrazone groups is 1. The predicted octanol–water partition coefficient (Wildman–Crippen LogP) is 2.52. The quantitative estimate of drug-likeness (QED) is 0.237. The third-order valence-corrected chi connectivity index (χ3v) is 4.22. The summed E-state index contributed by atoms with van der Waals surface area (Å²) in [7, 11) is 0. The van der Waals surface area contributed by atoms with E-state index < -0.39 is 11.8 Å². The Labute approximate surface area is 169 Å². The molecule has 2 rings (SSSR count). The summed E-state index contributed by atoms with van der Waals surface area (Å²) in [5.74, 6) is -0.978. The van der Waals surface area contributed by atoms with Gasteiger partial charge in [0, 0.05) is 42.0 Å². The molecule has 0 spiro atoms. The van der Waals surface area contributed by atoms with Crippen LogP contribution >= 0.6 is 0 Å². The van der Waals surface area contributed by atoms with Crippen molar-refractivity contribution in [1.29, 1.82) is 0 Å². The average molecular weight is 396 g/mol. The van der Waals surface area contributed by atoms with Gasteiger partial charge in [-0.2, -0.15) is 5.10 Å². The second-order valence-corrected chi connectivity index (χ2v) is 6.05. The number of benzene rings is 2. The Hall–Kier alpha value is -3.65. The maximum Gasteiger partial charge on any atom is 0.271 e. The number of carbonyl (C=O) groups is 2. The van der Waals surface area contributed by atoms with Crippen LogP contribution < -0.4 is 15.8 Å². The van der Waals surface area contributed by atoms with Gasteiger partial charge < -0.3 is 10.0 Å². The molecule has 0 saturated heterocycles. The van der Waals surface area contributed by atoms with E-state index in [9.17, 15) is 14.7 Å². The van der Waals surface area contributed by atoms with E-state index in [0.29, 0.717) is 16.7 Å². The number of phenolic OH excluding ortho intramolecular Hbond substituents is 1. The second-order valence-electron chi connectivity index (χ2n) is 6.05. The lowest BCUT2D eigenvalue weighted by Crippen LogP contribution is -2.21. The number of nitrogens with one attached hydrogen (secondary N) is 2. The van der Waals surface area contributed by atoms with E-state index in [1.165, 1.54) is 17.8 Å². The highest BCUT2D eigenvalue weighted by atomic mass is 16.5. The van der Waals surface area contributed by atoms with E-state index >= 15 is 0 Å². The van der Waals surface area contributed by atoms with Crippen molar-refractivity contribution in [2.45, 2.75) is 13.8 Å². The molecule has 0 aromatic heterocycles. The number of hydrogen-bond donors (Lipinski definition) is 4. The van der Waals surface area contributed by atoms with Crippen LogP contribution in [-0.4, -0.2) is 41.4 Å². The van der Waals surface area contributed by atoms with E-state index in [1.54, 1.807) is 36.4 Å². The van der Waals surface area contributed by atoms with Crippen molar-refractivity contribution in [3.05, 3.63) is 65.2 Å². The monoisotopic (exact) mass is 396 g/mol. The van der Waals surface area contributed by atoms with Crippen molar-refractivity contribution in [1.82, 2.24) is 10.9 Å². The molecule has 8 heteroatoms. The highest BCUT2D eigenvalue weighted by molar-refractivity contribution is 5.95. The Morgan fingerprint density at radius 2 is 1.79 bits per heavy atom. The molecule has 4 N–H and O–H groups in total. The van der Waals surface area contributed by atoms with Gasteiger partial charge in [-0.1, -0.05) is 12.1 Å². The van der Waals surface area contributed by atoms with Crippen LogP contribution in [-0.2, 0) is 4.79 Å². The lowest BCUT2D eigenvalue weighted by atomic mass is 10.1. The molecule has 0 fully saturated rings. The zero-order chi connectivity index (χ0) is 21.2. The Bertz CT molecular complexity index is 903. The lowest BCUT2D eigenvalue weighted by molar-refractivity contribution is -0.124. The number of carbonyl (C=O) groups excluding carboxylic acids is 2. The first-order valence-electron chi connectivity index (χ1n) is 9.12. The number of rotatable bonds is 8. The maximum atomic E-state index is 12.2. The smallest absolute Gasteiger partial charge is 0.271 e. The van der Waals surface area contributed by atoms with Gasteiger partial charge in [-0.25, -0.2) is 10.9 Å². The summed E-state index contributed by atoms with van der Waals surface area (Å²) in [6.45, 7) is 5.76. The molecule has 2 aromatic rings. The first-order valence-corrected chi connectivity index (χ1v) is 9.12. The van der Waals surface area contributed by atoms with Crippen molar-refractivity contribution in [3.8, 4) is 5.75 Å². The third-order valence-electron chi connectivity index (χ3n) is 4.22. The van der Waals surface area contributed by atoms with E-state index in [1.807, 2.05) is 19.9 Å². The molecule has 0 bridgehead atoms. The Kier molecular flexibility index (Phi) is 7.93. The molecule has 8 nitrogen and oxygen atoms in total. The zero-order valence-corrected chi connectivity index (χ0v) is 16.3. The third kappa shape index (κ3) is 6.18. The highest BCUT2D eigenvalue weighted by Crippen LogP contribution is 2.23. The summed E-state index contributed by atoms with van der Waals surface area (Å²) in [5.41, 5.74) is 6.37.